The first-order valence-corrected chi connectivity index (χ1v) is 3.49. The maximum absolute atomic E-state index is 5.56. The van der Waals surface area contributed by atoms with Crippen LogP contribution in [0, 0.1) is 0 Å². The van der Waals surface area contributed by atoms with Crippen LogP contribution in [0.1, 0.15) is 26.7 Å². The van der Waals surface area contributed by atoms with Gasteiger partial charge in [-0.25, -0.2) is 0 Å². The summed E-state index contributed by atoms with van der Waals surface area (Å²) in [5, 5.41) is 0.746. The minimum atomic E-state index is 0.746. The van der Waals surface area contributed by atoms with E-state index in [-0.39, 0.29) is 0 Å². The molecule has 0 radical (unpaired) electrons. The molecule has 0 spiro atoms. The van der Waals surface area contributed by atoms with Crippen molar-refractivity contribution in [2.45, 2.75) is 26.7 Å². The van der Waals surface area contributed by atoms with Gasteiger partial charge in [-0.3, -0.25) is 0 Å². The Balaban J connectivity index is 3.39. The predicted molar refractivity (Wildman–Crippen MR) is 43.7 cm³/mol. The van der Waals surface area contributed by atoms with Gasteiger partial charge >= 0.3 is 0 Å². The summed E-state index contributed by atoms with van der Waals surface area (Å²) in [7, 11) is 0. The van der Waals surface area contributed by atoms with Crippen molar-refractivity contribution < 1.29 is 0 Å². The number of halogens is 1. The first-order valence-electron chi connectivity index (χ1n) is 3.12. The lowest BCUT2D eigenvalue weighted by Crippen LogP contribution is -1.75. The Hall–Kier alpha value is -0.230. The standard InChI is InChI=1S/C8H13Cl/c1-4-7(2)5-6-8(3)9/h4H,3,5-6H2,1-2H3/b7-4+. The van der Waals surface area contributed by atoms with Crippen molar-refractivity contribution in [3.8, 4) is 0 Å². The van der Waals surface area contributed by atoms with Crippen LogP contribution in [0.2, 0.25) is 0 Å². The monoisotopic (exact) mass is 144 g/mol. The van der Waals surface area contributed by atoms with E-state index in [0.717, 1.165) is 17.9 Å². The minimum Gasteiger partial charge on any atom is -0.0898 e. The van der Waals surface area contributed by atoms with Gasteiger partial charge in [0.15, 0.2) is 0 Å². The molecule has 0 heterocycles. The van der Waals surface area contributed by atoms with Gasteiger partial charge in [0.25, 0.3) is 0 Å². The topological polar surface area (TPSA) is 0 Å². The predicted octanol–water partition coefficient (Wildman–Crippen LogP) is 3.49. The van der Waals surface area contributed by atoms with E-state index >= 15 is 0 Å². The molecule has 0 aliphatic heterocycles. The zero-order chi connectivity index (χ0) is 7.28. The Morgan fingerprint density at radius 2 is 2.11 bits per heavy atom. The summed E-state index contributed by atoms with van der Waals surface area (Å²) < 4.78 is 0. The minimum absolute atomic E-state index is 0.746. The summed E-state index contributed by atoms with van der Waals surface area (Å²) in [4.78, 5) is 0. The third kappa shape index (κ3) is 5.64. The average Bonchev–Trinajstić information content (AvgIpc) is 1.83. The second-order valence-corrected chi connectivity index (χ2v) is 2.69. The van der Waals surface area contributed by atoms with Crippen molar-refractivity contribution >= 4 is 11.6 Å². The van der Waals surface area contributed by atoms with Gasteiger partial charge in [0, 0.05) is 5.03 Å². The number of allylic oxidation sites excluding steroid dienone is 3. The Kier molecular flexibility index (Phi) is 4.51. The largest absolute Gasteiger partial charge is 0.0898 e. The second-order valence-electron chi connectivity index (χ2n) is 2.15. The van der Waals surface area contributed by atoms with Gasteiger partial charge < -0.3 is 0 Å². The molecule has 9 heavy (non-hydrogen) atoms. The highest BCUT2D eigenvalue weighted by Gasteiger charge is 1.89. The first kappa shape index (κ1) is 8.77. The molecule has 0 fully saturated rings. The van der Waals surface area contributed by atoms with Crippen molar-refractivity contribution in [1.29, 1.82) is 0 Å². The van der Waals surface area contributed by atoms with E-state index in [4.69, 9.17) is 11.6 Å². The molecule has 0 N–H and O–H groups in total. The fraction of sp³-hybridized carbons (Fsp3) is 0.500. The van der Waals surface area contributed by atoms with Gasteiger partial charge in [-0.1, -0.05) is 29.8 Å². The molecule has 0 aromatic carbocycles. The molecule has 52 valence electrons. The molecule has 0 atom stereocenters. The summed E-state index contributed by atoms with van der Waals surface area (Å²) in [6.07, 6.45) is 4.04. The highest BCUT2D eigenvalue weighted by atomic mass is 35.5. The van der Waals surface area contributed by atoms with Crippen LogP contribution in [0.4, 0.5) is 0 Å². The van der Waals surface area contributed by atoms with Crippen LogP contribution in [-0.2, 0) is 0 Å². The van der Waals surface area contributed by atoms with Crippen LogP contribution in [0.5, 0.6) is 0 Å². The van der Waals surface area contributed by atoms with Crippen molar-refractivity contribution in [1.82, 2.24) is 0 Å². The van der Waals surface area contributed by atoms with Crippen molar-refractivity contribution in [3.05, 3.63) is 23.3 Å². The fourth-order valence-electron chi connectivity index (χ4n) is 0.477. The van der Waals surface area contributed by atoms with Crippen LogP contribution in [0.25, 0.3) is 0 Å². The molecule has 0 saturated carbocycles. The number of hydrogen-bond donors (Lipinski definition) is 0. The molecular weight excluding hydrogens is 132 g/mol. The van der Waals surface area contributed by atoms with Gasteiger partial charge in [-0.15, -0.1) is 0 Å². The Morgan fingerprint density at radius 3 is 2.44 bits per heavy atom. The van der Waals surface area contributed by atoms with E-state index in [0.29, 0.717) is 0 Å². The molecule has 1 heteroatoms. The quantitative estimate of drug-likeness (QED) is 0.532. The zero-order valence-electron chi connectivity index (χ0n) is 6.08. The molecule has 0 aromatic heterocycles. The van der Waals surface area contributed by atoms with Crippen LogP contribution >= 0.6 is 11.6 Å². The molecule has 0 amide bonds. The summed E-state index contributed by atoms with van der Waals surface area (Å²) in [5.74, 6) is 0. The molecule has 0 saturated heterocycles. The van der Waals surface area contributed by atoms with E-state index < -0.39 is 0 Å². The van der Waals surface area contributed by atoms with Crippen molar-refractivity contribution in [3.63, 3.8) is 0 Å². The number of hydrogen-bond acceptors (Lipinski definition) is 0. The highest BCUT2D eigenvalue weighted by molar-refractivity contribution is 6.29. The molecule has 0 unspecified atom stereocenters. The normalized spacial score (nSPS) is 11.7. The molecular formula is C8H13Cl. The molecule has 0 aromatic rings. The van der Waals surface area contributed by atoms with Crippen LogP contribution in [0.15, 0.2) is 23.3 Å². The lowest BCUT2D eigenvalue weighted by Gasteiger charge is -1.96. The third-order valence-corrected chi connectivity index (χ3v) is 1.47. The second kappa shape index (κ2) is 4.63. The van der Waals surface area contributed by atoms with Gasteiger partial charge in [0.05, 0.1) is 0 Å². The third-order valence-electron chi connectivity index (χ3n) is 1.28. The lowest BCUT2D eigenvalue weighted by molar-refractivity contribution is 0.963. The van der Waals surface area contributed by atoms with Gasteiger partial charge in [0.2, 0.25) is 0 Å². The molecule has 0 bridgehead atoms. The van der Waals surface area contributed by atoms with Crippen LogP contribution in [0.3, 0.4) is 0 Å². The lowest BCUT2D eigenvalue weighted by atomic mass is 10.1. The van der Waals surface area contributed by atoms with Crippen molar-refractivity contribution in [2.75, 3.05) is 0 Å². The highest BCUT2D eigenvalue weighted by Crippen LogP contribution is 2.11. The van der Waals surface area contributed by atoms with Crippen LogP contribution < -0.4 is 0 Å². The van der Waals surface area contributed by atoms with E-state index in [1.54, 1.807) is 0 Å². The Morgan fingerprint density at radius 1 is 1.56 bits per heavy atom. The molecule has 0 rings (SSSR count). The average molecular weight is 145 g/mol. The maximum Gasteiger partial charge on any atom is 0.0112 e. The van der Waals surface area contributed by atoms with Gasteiger partial charge in [-0.05, 0) is 26.7 Å². The summed E-state index contributed by atoms with van der Waals surface area (Å²) in [5.41, 5.74) is 1.37. The SMILES string of the molecule is C=C(Cl)CC/C(C)=C/C. The fourth-order valence-corrected chi connectivity index (χ4v) is 0.572. The Labute approximate surface area is 62.2 Å². The molecule has 0 nitrogen and oxygen atoms in total. The van der Waals surface area contributed by atoms with E-state index in [1.807, 2.05) is 6.92 Å². The Bertz CT molecular complexity index is 123. The van der Waals surface area contributed by atoms with E-state index in [9.17, 15) is 0 Å². The van der Waals surface area contributed by atoms with E-state index in [2.05, 4.69) is 19.6 Å². The van der Waals surface area contributed by atoms with E-state index in [1.165, 1.54) is 5.57 Å². The molecule has 0 aliphatic rings. The van der Waals surface area contributed by atoms with Crippen LogP contribution in [-0.4, -0.2) is 0 Å². The maximum atomic E-state index is 5.56. The summed E-state index contributed by atoms with van der Waals surface area (Å²) in [6.45, 7) is 7.73. The van der Waals surface area contributed by atoms with Gasteiger partial charge in [-0.2, -0.15) is 0 Å². The molecule has 0 aliphatic carbocycles. The first-order chi connectivity index (χ1) is 4.16. The van der Waals surface area contributed by atoms with Gasteiger partial charge in [0.1, 0.15) is 0 Å². The summed E-state index contributed by atoms with van der Waals surface area (Å²) in [6, 6.07) is 0. The van der Waals surface area contributed by atoms with Crippen molar-refractivity contribution in [2.24, 2.45) is 0 Å². The summed E-state index contributed by atoms with van der Waals surface area (Å²) >= 11 is 5.56. The zero-order valence-corrected chi connectivity index (χ0v) is 6.83. The number of rotatable bonds is 3. The smallest absolute Gasteiger partial charge is 0.0112 e.